The fourth-order valence-electron chi connectivity index (χ4n) is 2.75. The van der Waals surface area contributed by atoms with Crippen molar-refractivity contribution in [1.82, 2.24) is 10.2 Å². The highest BCUT2D eigenvalue weighted by Crippen LogP contribution is 2.22. The number of carbonyl (C=O) groups excluding carboxylic acids is 1. The molecule has 1 aliphatic heterocycles. The summed E-state index contributed by atoms with van der Waals surface area (Å²) in [5.74, 6) is -0.526. The number of carbonyl (C=O) groups is 2. The number of carboxylic acids is 1. The molecule has 1 saturated heterocycles. The molecule has 6 nitrogen and oxygen atoms in total. The number of aliphatic carboxylic acids is 1. The number of hydrogen-bond acceptors (Lipinski definition) is 3. The molecule has 3 rings (SSSR count). The Balaban J connectivity index is 1.49. The Labute approximate surface area is 150 Å². The molecule has 0 bridgehead atoms. The van der Waals surface area contributed by atoms with Crippen LogP contribution in [0.25, 0.3) is 0 Å². The molecule has 0 aliphatic carbocycles. The van der Waals surface area contributed by atoms with E-state index in [4.69, 9.17) is 9.84 Å². The summed E-state index contributed by atoms with van der Waals surface area (Å²) in [6.07, 6.45) is 0.484. The predicted octanol–water partition coefficient (Wildman–Crippen LogP) is 3.23. The second-order valence-corrected chi connectivity index (χ2v) is 6.13. The van der Waals surface area contributed by atoms with Gasteiger partial charge in [0.2, 0.25) is 0 Å². The molecule has 136 valence electrons. The van der Waals surface area contributed by atoms with E-state index in [9.17, 15) is 14.0 Å². The Morgan fingerprint density at radius 2 is 1.73 bits per heavy atom. The highest BCUT2D eigenvalue weighted by atomic mass is 19.1. The first kappa shape index (κ1) is 17.7. The number of rotatable bonds is 5. The smallest absolute Gasteiger partial charge is 0.317 e. The van der Waals surface area contributed by atoms with Crippen LogP contribution in [0.3, 0.4) is 0 Å². The van der Waals surface area contributed by atoms with Crippen molar-refractivity contribution in [2.75, 3.05) is 13.1 Å². The molecular formula is C19H19FN2O4. The molecular weight excluding hydrogens is 339 g/mol. The highest BCUT2D eigenvalue weighted by molar-refractivity contribution is 5.77. The second-order valence-electron chi connectivity index (χ2n) is 6.13. The monoisotopic (exact) mass is 358 g/mol. The average molecular weight is 358 g/mol. The van der Waals surface area contributed by atoms with Crippen LogP contribution in [-0.2, 0) is 11.3 Å². The van der Waals surface area contributed by atoms with E-state index in [-0.39, 0.29) is 18.4 Å². The van der Waals surface area contributed by atoms with Gasteiger partial charge in [0, 0.05) is 19.6 Å². The summed E-state index contributed by atoms with van der Waals surface area (Å²) < 4.78 is 18.5. The van der Waals surface area contributed by atoms with Crippen molar-refractivity contribution < 1.29 is 23.8 Å². The van der Waals surface area contributed by atoms with Gasteiger partial charge in [-0.2, -0.15) is 0 Å². The van der Waals surface area contributed by atoms with Gasteiger partial charge in [-0.3, -0.25) is 4.79 Å². The van der Waals surface area contributed by atoms with Crippen LogP contribution in [0.4, 0.5) is 9.18 Å². The molecule has 0 radical (unpaired) electrons. The predicted molar refractivity (Wildman–Crippen MR) is 92.5 cm³/mol. The number of nitrogens with one attached hydrogen (secondary N) is 1. The molecule has 1 unspecified atom stereocenters. The van der Waals surface area contributed by atoms with Gasteiger partial charge in [-0.1, -0.05) is 12.1 Å². The van der Waals surface area contributed by atoms with Crippen LogP contribution in [0.5, 0.6) is 11.5 Å². The Bertz CT molecular complexity index is 777. The molecule has 26 heavy (non-hydrogen) atoms. The largest absolute Gasteiger partial charge is 0.481 e. The van der Waals surface area contributed by atoms with Crippen molar-refractivity contribution >= 4 is 12.0 Å². The Morgan fingerprint density at radius 3 is 2.31 bits per heavy atom. The minimum absolute atomic E-state index is 0.242. The lowest BCUT2D eigenvalue weighted by Gasteiger charge is -2.16. The zero-order chi connectivity index (χ0) is 18.5. The Hall–Kier alpha value is -3.09. The van der Waals surface area contributed by atoms with Crippen molar-refractivity contribution in [1.29, 1.82) is 0 Å². The van der Waals surface area contributed by atoms with Crippen molar-refractivity contribution in [3.8, 4) is 11.5 Å². The summed E-state index contributed by atoms with van der Waals surface area (Å²) in [6, 6.07) is 12.7. The number of benzene rings is 2. The van der Waals surface area contributed by atoms with Gasteiger partial charge in [-0.25, -0.2) is 9.18 Å². The summed E-state index contributed by atoms with van der Waals surface area (Å²) in [6.45, 7) is 1.03. The van der Waals surface area contributed by atoms with Crippen molar-refractivity contribution in [2.24, 2.45) is 5.92 Å². The maximum atomic E-state index is 12.9. The summed E-state index contributed by atoms with van der Waals surface area (Å²) in [5, 5.41) is 11.8. The van der Waals surface area contributed by atoms with Gasteiger partial charge in [0.15, 0.2) is 0 Å². The minimum Gasteiger partial charge on any atom is -0.481 e. The summed E-state index contributed by atoms with van der Waals surface area (Å²) >= 11 is 0. The van der Waals surface area contributed by atoms with E-state index in [1.54, 1.807) is 24.3 Å². The van der Waals surface area contributed by atoms with Gasteiger partial charge in [0.25, 0.3) is 0 Å². The number of ether oxygens (including phenoxy) is 1. The molecule has 1 fully saturated rings. The molecule has 2 amide bonds. The third kappa shape index (κ3) is 4.50. The molecule has 2 aromatic carbocycles. The molecule has 1 heterocycles. The lowest BCUT2D eigenvalue weighted by atomic mass is 10.1. The first-order valence-electron chi connectivity index (χ1n) is 8.29. The lowest BCUT2D eigenvalue weighted by Crippen LogP contribution is -2.38. The SMILES string of the molecule is O=C(O)C1CCN(C(=O)NCc2ccc(Oc3ccc(F)cc3)cc2)C1. The zero-order valence-corrected chi connectivity index (χ0v) is 14.0. The van der Waals surface area contributed by atoms with Gasteiger partial charge in [0.05, 0.1) is 5.92 Å². The van der Waals surface area contributed by atoms with Crippen molar-refractivity contribution in [3.63, 3.8) is 0 Å². The van der Waals surface area contributed by atoms with E-state index in [1.807, 2.05) is 12.1 Å². The zero-order valence-electron chi connectivity index (χ0n) is 14.0. The summed E-state index contributed by atoms with van der Waals surface area (Å²) in [4.78, 5) is 24.5. The number of halogens is 1. The molecule has 0 spiro atoms. The molecule has 1 aliphatic rings. The standard InChI is InChI=1S/C19H19FN2O4/c20-15-3-7-17(8-4-15)26-16-5-1-13(2-6-16)11-21-19(25)22-10-9-14(12-22)18(23)24/h1-8,14H,9-12H2,(H,21,25)(H,23,24). The quantitative estimate of drug-likeness (QED) is 0.860. The van der Waals surface area contributed by atoms with Gasteiger partial charge in [0.1, 0.15) is 17.3 Å². The van der Waals surface area contributed by atoms with Crippen LogP contribution in [0.1, 0.15) is 12.0 Å². The van der Waals surface area contributed by atoms with Crippen LogP contribution in [-0.4, -0.2) is 35.1 Å². The molecule has 1 atom stereocenters. The Morgan fingerprint density at radius 1 is 1.12 bits per heavy atom. The van der Waals surface area contributed by atoms with E-state index < -0.39 is 11.9 Å². The van der Waals surface area contributed by atoms with E-state index >= 15 is 0 Å². The maximum Gasteiger partial charge on any atom is 0.317 e. The van der Waals surface area contributed by atoms with Crippen LogP contribution in [0.15, 0.2) is 48.5 Å². The van der Waals surface area contributed by atoms with Crippen LogP contribution in [0, 0.1) is 11.7 Å². The lowest BCUT2D eigenvalue weighted by molar-refractivity contribution is -0.141. The van der Waals surface area contributed by atoms with Crippen molar-refractivity contribution in [3.05, 3.63) is 59.9 Å². The first-order chi connectivity index (χ1) is 12.5. The van der Waals surface area contributed by atoms with Crippen LogP contribution >= 0.6 is 0 Å². The molecule has 2 N–H and O–H groups in total. The number of hydrogen-bond donors (Lipinski definition) is 2. The molecule has 0 saturated carbocycles. The van der Waals surface area contributed by atoms with E-state index in [1.165, 1.54) is 17.0 Å². The van der Waals surface area contributed by atoms with Gasteiger partial charge in [-0.15, -0.1) is 0 Å². The fraction of sp³-hybridized carbons (Fsp3) is 0.263. The van der Waals surface area contributed by atoms with Crippen molar-refractivity contribution in [2.45, 2.75) is 13.0 Å². The molecule has 0 aromatic heterocycles. The number of urea groups is 1. The Kier molecular flexibility index (Phi) is 5.36. The third-order valence-corrected chi connectivity index (χ3v) is 4.24. The third-order valence-electron chi connectivity index (χ3n) is 4.24. The molecule has 7 heteroatoms. The summed E-state index contributed by atoms with van der Waals surface area (Å²) in [7, 11) is 0. The number of amides is 2. The van der Waals surface area contributed by atoms with Gasteiger partial charge in [-0.05, 0) is 48.4 Å². The van der Waals surface area contributed by atoms with Gasteiger partial charge < -0.3 is 20.1 Å². The van der Waals surface area contributed by atoms with E-state index in [0.717, 1.165) is 5.56 Å². The summed E-state index contributed by atoms with van der Waals surface area (Å²) in [5.41, 5.74) is 0.888. The maximum absolute atomic E-state index is 12.9. The normalized spacial score (nSPS) is 16.3. The number of carboxylic acid groups (broad SMARTS) is 1. The van der Waals surface area contributed by atoms with E-state index in [2.05, 4.69) is 5.32 Å². The first-order valence-corrected chi connectivity index (χ1v) is 8.29. The fourth-order valence-corrected chi connectivity index (χ4v) is 2.75. The van der Waals surface area contributed by atoms with Crippen LogP contribution in [0.2, 0.25) is 0 Å². The average Bonchev–Trinajstić information content (AvgIpc) is 3.13. The van der Waals surface area contributed by atoms with E-state index in [0.29, 0.717) is 31.0 Å². The van der Waals surface area contributed by atoms with Crippen LogP contribution < -0.4 is 10.1 Å². The highest BCUT2D eigenvalue weighted by Gasteiger charge is 2.30. The number of likely N-dealkylation sites (tertiary alicyclic amines) is 1. The minimum atomic E-state index is -0.864. The second kappa shape index (κ2) is 7.86. The number of nitrogens with zero attached hydrogens (tertiary/aromatic N) is 1. The topological polar surface area (TPSA) is 78.9 Å². The molecule has 2 aromatic rings. The van der Waals surface area contributed by atoms with Gasteiger partial charge >= 0.3 is 12.0 Å².